The molecule has 0 unspecified atom stereocenters. The van der Waals surface area contributed by atoms with Gasteiger partial charge < -0.3 is 9.84 Å². The number of benzene rings is 2. The fraction of sp³-hybridized carbons (Fsp3) is 0.200. The van der Waals surface area contributed by atoms with Crippen LogP contribution >= 0.6 is 23.1 Å². The number of aromatic nitrogens is 1. The first-order chi connectivity index (χ1) is 13.8. The molecule has 0 amide bonds. The number of rotatable bonds is 7. The van der Waals surface area contributed by atoms with E-state index in [1.807, 2.05) is 0 Å². The number of carboxylic acid groups (broad SMARTS) is 1. The second-order valence-corrected chi connectivity index (χ2v) is 7.47. The summed E-state index contributed by atoms with van der Waals surface area (Å²) in [6.45, 7) is 1.43. The van der Waals surface area contributed by atoms with Crippen molar-refractivity contribution in [2.24, 2.45) is 0 Å². The van der Waals surface area contributed by atoms with Gasteiger partial charge in [-0.15, -0.1) is 0 Å². The van der Waals surface area contributed by atoms with Gasteiger partial charge in [0.2, 0.25) is 0 Å². The highest BCUT2D eigenvalue weighted by Crippen LogP contribution is 2.36. The number of ether oxygens (including phenoxy) is 1. The van der Waals surface area contributed by atoms with Crippen LogP contribution in [0.25, 0.3) is 10.4 Å². The summed E-state index contributed by atoms with van der Waals surface area (Å²) in [6, 6.07) is 6.72. The first-order valence-corrected chi connectivity index (χ1v) is 9.64. The van der Waals surface area contributed by atoms with E-state index >= 15 is 0 Å². The minimum Gasteiger partial charge on any atom is -0.483 e. The smallest absolute Gasteiger partial charge is 0.303 e. The lowest BCUT2D eigenvalue weighted by Gasteiger charge is -2.11. The zero-order valence-corrected chi connectivity index (χ0v) is 16.7. The van der Waals surface area contributed by atoms with Crippen LogP contribution in [0.3, 0.4) is 0 Å². The van der Waals surface area contributed by atoms with Crippen molar-refractivity contribution in [3.63, 3.8) is 0 Å². The standard InChI is InChI=1S/C20H15ClF3NO3S/c1-10-2-4-12(14(22)6-10)19-13(20(21)25-29-19)9-28-18-15(23)7-11(8-16(18)24)3-5-17(26)27/h2,4,6-8H,3,5,9H2,1H3,(H,26,27). The Labute approximate surface area is 173 Å². The third-order valence-corrected chi connectivity index (χ3v) is 5.49. The van der Waals surface area contributed by atoms with E-state index in [-0.39, 0.29) is 35.7 Å². The van der Waals surface area contributed by atoms with Gasteiger partial charge in [0.05, 0.1) is 4.88 Å². The average Bonchev–Trinajstić information content (AvgIpc) is 3.00. The molecule has 9 heteroatoms. The van der Waals surface area contributed by atoms with Gasteiger partial charge in [-0.05, 0) is 54.2 Å². The lowest BCUT2D eigenvalue weighted by molar-refractivity contribution is -0.136. The van der Waals surface area contributed by atoms with E-state index in [0.29, 0.717) is 10.4 Å². The van der Waals surface area contributed by atoms with Gasteiger partial charge in [0.25, 0.3) is 0 Å². The fourth-order valence-electron chi connectivity index (χ4n) is 2.72. The van der Waals surface area contributed by atoms with Crippen molar-refractivity contribution in [3.05, 3.63) is 69.6 Å². The second kappa shape index (κ2) is 8.84. The molecule has 3 aromatic rings. The monoisotopic (exact) mass is 441 g/mol. The van der Waals surface area contributed by atoms with E-state index in [2.05, 4.69) is 4.37 Å². The molecule has 1 N–H and O–H groups in total. The normalized spacial score (nSPS) is 10.9. The number of aryl methyl sites for hydroxylation is 2. The first kappa shape index (κ1) is 21.1. The number of aliphatic carboxylic acids is 1. The highest BCUT2D eigenvalue weighted by atomic mass is 35.5. The van der Waals surface area contributed by atoms with E-state index < -0.39 is 29.2 Å². The summed E-state index contributed by atoms with van der Waals surface area (Å²) in [7, 11) is 0. The van der Waals surface area contributed by atoms with Crippen molar-refractivity contribution in [2.75, 3.05) is 0 Å². The molecule has 0 radical (unpaired) electrons. The number of hydrogen-bond acceptors (Lipinski definition) is 4. The van der Waals surface area contributed by atoms with Gasteiger partial charge in [0, 0.05) is 17.5 Å². The van der Waals surface area contributed by atoms with E-state index in [1.165, 1.54) is 6.07 Å². The Kier molecular flexibility index (Phi) is 6.44. The van der Waals surface area contributed by atoms with E-state index in [9.17, 15) is 18.0 Å². The third-order valence-electron chi connectivity index (χ3n) is 4.16. The molecule has 0 atom stereocenters. The fourth-order valence-corrected chi connectivity index (χ4v) is 3.84. The average molecular weight is 442 g/mol. The summed E-state index contributed by atoms with van der Waals surface area (Å²) in [5.74, 6) is -4.09. The Morgan fingerprint density at radius 3 is 2.48 bits per heavy atom. The maximum absolute atomic E-state index is 14.3. The van der Waals surface area contributed by atoms with Crippen LogP contribution in [0, 0.1) is 24.4 Å². The molecule has 0 fully saturated rings. The molecule has 1 heterocycles. The summed E-state index contributed by atoms with van der Waals surface area (Å²) in [5.41, 5.74) is 1.52. The predicted octanol–water partition coefficient (Wildman–Crippen LogP) is 5.79. The second-order valence-electron chi connectivity index (χ2n) is 6.34. The summed E-state index contributed by atoms with van der Waals surface area (Å²) in [4.78, 5) is 11.0. The number of halogens is 4. The van der Waals surface area contributed by atoms with Gasteiger partial charge in [0.15, 0.2) is 17.4 Å². The molecular weight excluding hydrogens is 427 g/mol. The van der Waals surface area contributed by atoms with Crippen molar-refractivity contribution in [2.45, 2.75) is 26.4 Å². The van der Waals surface area contributed by atoms with Crippen molar-refractivity contribution in [1.82, 2.24) is 4.37 Å². The van der Waals surface area contributed by atoms with Gasteiger partial charge >= 0.3 is 5.97 Å². The third kappa shape index (κ3) is 4.89. The number of carbonyl (C=O) groups is 1. The van der Waals surface area contributed by atoms with Crippen LogP contribution in [0.1, 0.15) is 23.1 Å². The zero-order valence-electron chi connectivity index (χ0n) is 15.1. The van der Waals surface area contributed by atoms with Crippen LogP contribution in [-0.2, 0) is 17.8 Å². The summed E-state index contributed by atoms with van der Waals surface area (Å²) in [6.07, 6.45) is -0.263. The Balaban J connectivity index is 1.84. The molecule has 3 rings (SSSR count). The highest BCUT2D eigenvalue weighted by molar-refractivity contribution is 7.10. The number of hydrogen-bond donors (Lipinski definition) is 1. The summed E-state index contributed by atoms with van der Waals surface area (Å²) >= 11 is 7.03. The molecule has 0 saturated heterocycles. The van der Waals surface area contributed by atoms with E-state index in [1.54, 1.807) is 19.1 Å². The largest absolute Gasteiger partial charge is 0.483 e. The highest BCUT2D eigenvalue weighted by Gasteiger charge is 2.20. The number of carboxylic acids is 1. The Morgan fingerprint density at radius 2 is 1.86 bits per heavy atom. The quantitative estimate of drug-likeness (QED) is 0.504. The lowest BCUT2D eigenvalue weighted by Crippen LogP contribution is -2.03. The molecule has 0 bridgehead atoms. The van der Waals surface area contributed by atoms with Gasteiger partial charge in [-0.25, -0.2) is 13.2 Å². The predicted molar refractivity (Wildman–Crippen MR) is 104 cm³/mol. The number of nitrogens with zero attached hydrogens (tertiary/aromatic N) is 1. The van der Waals surface area contributed by atoms with Gasteiger partial charge in [0.1, 0.15) is 17.6 Å². The summed E-state index contributed by atoms with van der Waals surface area (Å²) < 4.78 is 52.2. The Bertz CT molecular complexity index is 1050. The lowest BCUT2D eigenvalue weighted by atomic mass is 10.1. The molecule has 4 nitrogen and oxygen atoms in total. The minimum atomic E-state index is -1.07. The maximum atomic E-state index is 14.3. The molecule has 0 saturated carbocycles. The van der Waals surface area contributed by atoms with Gasteiger partial charge in [-0.2, -0.15) is 4.37 Å². The van der Waals surface area contributed by atoms with Crippen molar-refractivity contribution < 1.29 is 27.8 Å². The van der Waals surface area contributed by atoms with E-state index in [0.717, 1.165) is 29.2 Å². The first-order valence-electron chi connectivity index (χ1n) is 8.49. The molecular formula is C20H15ClF3NO3S. The molecule has 152 valence electrons. The van der Waals surface area contributed by atoms with Crippen molar-refractivity contribution in [3.8, 4) is 16.2 Å². The van der Waals surface area contributed by atoms with E-state index in [4.69, 9.17) is 21.4 Å². The van der Waals surface area contributed by atoms with Crippen molar-refractivity contribution >= 4 is 29.1 Å². The summed E-state index contributed by atoms with van der Waals surface area (Å²) in [5, 5.41) is 8.74. The Morgan fingerprint density at radius 1 is 1.17 bits per heavy atom. The minimum absolute atomic E-state index is 0.0133. The van der Waals surface area contributed by atoms with Gasteiger partial charge in [-0.1, -0.05) is 23.7 Å². The van der Waals surface area contributed by atoms with Crippen LogP contribution in [0.4, 0.5) is 13.2 Å². The molecule has 2 aromatic carbocycles. The van der Waals surface area contributed by atoms with Crippen LogP contribution < -0.4 is 4.74 Å². The molecule has 29 heavy (non-hydrogen) atoms. The topological polar surface area (TPSA) is 59.4 Å². The van der Waals surface area contributed by atoms with Crippen LogP contribution in [0.5, 0.6) is 5.75 Å². The molecule has 0 spiro atoms. The molecule has 0 aliphatic rings. The Hall–Kier alpha value is -2.58. The molecule has 0 aliphatic carbocycles. The molecule has 0 aliphatic heterocycles. The maximum Gasteiger partial charge on any atom is 0.303 e. The zero-order chi connectivity index (χ0) is 21.1. The van der Waals surface area contributed by atoms with Crippen molar-refractivity contribution in [1.29, 1.82) is 0 Å². The van der Waals surface area contributed by atoms with Crippen LogP contribution in [-0.4, -0.2) is 15.4 Å². The van der Waals surface area contributed by atoms with Crippen LogP contribution in [0.15, 0.2) is 30.3 Å². The van der Waals surface area contributed by atoms with Crippen LogP contribution in [0.2, 0.25) is 5.15 Å². The molecule has 1 aromatic heterocycles. The van der Waals surface area contributed by atoms with Gasteiger partial charge in [-0.3, -0.25) is 4.79 Å². The SMILES string of the molecule is Cc1ccc(-c2snc(Cl)c2COc2c(F)cc(CCC(=O)O)cc2F)c(F)c1.